The Morgan fingerprint density at radius 2 is 2.15 bits per heavy atom. The number of nitrogens with two attached hydrogens (primary N) is 1. The van der Waals surface area contributed by atoms with Gasteiger partial charge >= 0.3 is 0 Å². The fraction of sp³-hybridized carbons (Fsp3) is 0.714. The summed E-state index contributed by atoms with van der Waals surface area (Å²) in [6, 6.07) is 0. The second-order valence-corrected chi connectivity index (χ2v) is 5.46. The summed E-state index contributed by atoms with van der Waals surface area (Å²) in [6.45, 7) is 5.19. The Kier molecular flexibility index (Phi) is 5.55. The third kappa shape index (κ3) is 4.31. The van der Waals surface area contributed by atoms with Gasteiger partial charge in [-0.25, -0.2) is 4.98 Å². The van der Waals surface area contributed by atoms with Gasteiger partial charge in [-0.1, -0.05) is 0 Å². The van der Waals surface area contributed by atoms with E-state index in [-0.39, 0.29) is 0 Å². The highest BCUT2D eigenvalue weighted by atomic mass is 16.5. The normalized spacial score (nSPS) is 17.3. The molecule has 0 aromatic carbocycles. The molecule has 2 N–H and O–H groups in total. The maximum absolute atomic E-state index is 5.68. The Balaban J connectivity index is 1.77. The molecule has 1 aromatic heterocycles. The molecule has 0 aliphatic carbocycles. The fourth-order valence-electron chi connectivity index (χ4n) is 2.65. The van der Waals surface area contributed by atoms with Crippen LogP contribution < -0.4 is 10.6 Å². The summed E-state index contributed by atoms with van der Waals surface area (Å²) < 4.78 is 5.13. The second-order valence-electron chi connectivity index (χ2n) is 5.46. The van der Waals surface area contributed by atoms with Crippen molar-refractivity contribution in [3.8, 4) is 0 Å². The molecule has 1 aliphatic heterocycles. The van der Waals surface area contributed by atoms with Gasteiger partial charge in [0.15, 0.2) is 0 Å². The van der Waals surface area contributed by atoms with Crippen LogP contribution in [0, 0.1) is 5.92 Å². The molecule has 0 saturated carbocycles. The van der Waals surface area contributed by atoms with Crippen LogP contribution in [-0.4, -0.2) is 61.8 Å². The van der Waals surface area contributed by atoms with Crippen molar-refractivity contribution in [1.82, 2.24) is 14.9 Å². The minimum absolute atomic E-state index is 0.476. The van der Waals surface area contributed by atoms with Crippen molar-refractivity contribution in [3.05, 3.63) is 12.4 Å². The van der Waals surface area contributed by atoms with Crippen molar-refractivity contribution in [3.63, 3.8) is 0 Å². The summed E-state index contributed by atoms with van der Waals surface area (Å²) in [4.78, 5) is 13.0. The summed E-state index contributed by atoms with van der Waals surface area (Å²) in [5, 5.41) is 0. The number of nitrogens with zero attached hydrogens (tertiary/aromatic N) is 4. The van der Waals surface area contributed by atoms with Crippen LogP contribution in [0.2, 0.25) is 0 Å². The summed E-state index contributed by atoms with van der Waals surface area (Å²) in [5.74, 6) is 2.04. The zero-order valence-corrected chi connectivity index (χ0v) is 12.5. The highest BCUT2D eigenvalue weighted by molar-refractivity contribution is 5.40. The van der Waals surface area contributed by atoms with Gasteiger partial charge in [0.25, 0.3) is 0 Å². The van der Waals surface area contributed by atoms with Gasteiger partial charge in [0.05, 0.1) is 19.0 Å². The average Bonchev–Trinajstić information content (AvgIpc) is 2.46. The average molecular weight is 279 g/mol. The van der Waals surface area contributed by atoms with Crippen LogP contribution in [0.4, 0.5) is 11.6 Å². The number of aromatic nitrogens is 2. The van der Waals surface area contributed by atoms with Crippen LogP contribution in [0.25, 0.3) is 0 Å². The Morgan fingerprint density at radius 1 is 1.40 bits per heavy atom. The molecule has 0 spiro atoms. The van der Waals surface area contributed by atoms with Crippen LogP contribution in [0.1, 0.15) is 12.8 Å². The van der Waals surface area contributed by atoms with E-state index in [9.17, 15) is 0 Å². The van der Waals surface area contributed by atoms with Crippen molar-refractivity contribution < 1.29 is 4.74 Å². The first-order valence-electron chi connectivity index (χ1n) is 7.19. The minimum atomic E-state index is 0.476. The van der Waals surface area contributed by atoms with Crippen LogP contribution in [0.5, 0.6) is 0 Å². The predicted octanol–water partition coefficient (Wildman–Crippen LogP) is 0.853. The van der Waals surface area contributed by atoms with Gasteiger partial charge in [-0.15, -0.1) is 0 Å². The quantitative estimate of drug-likeness (QED) is 0.833. The maximum Gasteiger partial charge on any atom is 0.149 e. The van der Waals surface area contributed by atoms with Gasteiger partial charge in [-0.05, 0) is 31.8 Å². The highest BCUT2D eigenvalue weighted by Gasteiger charge is 2.20. The SMILES string of the molecule is COCCN1CCC(CN(C)c2cncc(N)n2)CC1. The lowest BCUT2D eigenvalue weighted by atomic mass is 9.96. The molecule has 0 unspecified atom stereocenters. The van der Waals surface area contributed by atoms with Crippen LogP contribution in [0.3, 0.4) is 0 Å². The number of hydrogen-bond acceptors (Lipinski definition) is 6. The van der Waals surface area contributed by atoms with Crippen LogP contribution in [0.15, 0.2) is 12.4 Å². The van der Waals surface area contributed by atoms with E-state index in [0.717, 1.165) is 38.6 Å². The van der Waals surface area contributed by atoms with Gasteiger partial charge in [0, 0.05) is 27.2 Å². The lowest BCUT2D eigenvalue weighted by Crippen LogP contribution is -2.39. The van der Waals surface area contributed by atoms with Crippen molar-refractivity contribution in [2.24, 2.45) is 5.92 Å². The van der Waals surface area contributed by atoms with Crippen LogP contribution in [-0.2, 0) is 4.74 Å². The van der Waals surface area contributed by atoms with E-state index in [1.165, 1.54) is 12.8 Å². The Bertz CT molecular complexity index is 406. The summed E-state index contributed by atoms with van der Waals surface area (Å²) in [6.07, 6.45) is 5.79. The lowest BCUT2D eigenvalue weighted by molar-refractivity contribution is 0.121. The van der Waals surface area contributed by atoms with Crippen LogP contribution >= 0.6 is 0 Å². The van der Waals surface area contributed by atoms with Gasteiger partial charge in [0.1, 0.15) is 11.6 Å². The molecule has 0 radical (unpaired) electrons. The lowest BCUT2D eigenvalue weighted by Gasteiger charge is -2.33. The summed E-state index contributed by atoms with van der Waals surface area (Å²) >= 11 is 0. The number of anilines is 2. The first kappa shape index (κ1) is 15.0. The molecular formula is C14H25N5O. The Hall–Kier alpha value is -1.40. The van der Waals surface area contributed by atoms with Gasteiger partial charge in [-0.2, -0.15) is 0 Å². The van der Waals surface area contributed by atoms with Gasteiger partial charge in [0.2, 0.25) is 0 Å². The number of rotatable bonds is 6. The highest BCUT2D eigenvalue weighted by Crippen LogP contribution is 2.20. The van der Waals surface area contributed by atoms with Crippen molar-refractivity contribution in [1.29, 1.82) is 0 Å². The van der Waals surface area contributed by atoms with Crippen molar-refractivity contribution in [2.45, 2.75) is 12.8 Å². The monoisotopic (exact) mass is 279 g/mol. The largest absolute Gasteiger partial charge is 0.383 e. The third-order valence-electron chi connectivity index (χ3n) is 3.88. The Morgan fingerprint density at radius 3 is 2.80 bits per heavy atom. The molecule has 0 bridgehead atoms. The fourth-order valence-corrected chi connectivity index (χ4v) is 2.65. The molecule has 1 saturated heterocycles. The first-order chi connectivity index (χ1) is 9.69. The van der Waals surface area contributed by atoms with E-state index in [0.29, 0.717) is 11.7 Å². The first-order valence-corrected chi connectivity index (χ1v) is 7.19. The number of likely N-dealkylation sites (tertiary alicyclic amines) is 1. The molecule has 1 fully saturated rings. The molecule has 2 rings (SSSR count). The number of nitrogen functional groups attached to an aromatic ring is 1. The van der Waals surface area contributed by atoms with E-state index >= 15 is 0 Å². The zero-order chi connectivity index (χ0) is 14.4. The maximum atomic E-state index is 5.68. The minimum Gasteiger partial charge on any atom is -0.383 e. The van der Waals surface area contributed by atoms with E-state index in [2.05, 4.69) is 26.8 Å². The third-order valence-corrected chi connectivity index (χ3v) is 3.88. The molecule has 2 heterocycles. The molecule has 1 aliphatic rings. The smallest absolute Gasteiger partial charge is 0.149 e. The zero-order valence-electron chi connectivity index (χ0n) is 12.5. The molecular weight excluding hydrogens is 254 g/mol. The summed E-state index contributed by atoms with van der Waals surface area (Å²) in [5.41, 5.74) is 5.68. The molecule has 0 atom stereocenters. The molecule has 112 valence electrons. The van der Waals surface area contributed by atoms with Crippen molar-refractivity contribution in [2.75, 3.05) is 57.6 Å². The van der Waals surface area contributed by atoms with E-state index in [4.69, 9.17) is 10.5 Å². The number of piperidine rings is 1. The number of methoxy groups -OCH3 is 1. The molecule has 1 aromatic rings. The summed E-state index contributed by atoms with van der Waals surface area (Å²) in [7, 11) is 3.81. The Labute approximate surface area is 120 Å². The predicted molar refractivity (Wildman–Crippen MR) is 80.8 cm³/mol. The molecule has 0 amide bonds. The number of ether oxygens (including phenoxy) is 1. The second kappa shape index (κ2) is 7.40. The molecule has 20 heavy (non-hydrogen) atoms. The van der Waals surface area contributed by atoms with Gasteiger partial charge in [-0.3, -0.25) is 4.98 Å². The van der Waals surface area contributed by atoms with E-state index < -0.39 is 0 Å². The standard InChI is InChI=1S/C14H25N5O/c1-18(14-10-16-9-13(15)17-14)11-12-3-5-19(6-4-12)7-8-20-2/h9-10,12H,3-8,11H2,1-2H3,(H2,15,17). The van der Waals surface area contributed by atoms with E-state index in [1.807, 2.05) is 0 Å². The van der Waals surface area contributed by atoms with Crippen molar-refractivity contribution >= 4 is 11.6 Å². The molecule has 6 heteroatoms. The number of hydrogen-bond donors (Lipinski definition) is 1. The molecule has 6 nitrogen and oxygen atoms in total. The van der Waals surface area contributed by atoms with Gasteiger partial charge < -0.3 is 20.3 Å². The van der Waals surface area contributed by atoms with E-state index in [1.54, 1.807) is 19.5 Å². The topological polar surface area (TPSA) is 67.5 Å².